The van der Waals surface area contributed by atoms with Gasteiger partial charge in [-0.3, -0.25) is 4.98 Å². The van der Waals surface area contributed by atoms with Gasteiger partial charge in [-0.1, -0.05) is 12.1 Å². The van der Waals surface area contributed by atoms with Crippen LogP contribution in [0.1, 0.15) is 24.1 Å². The summed E-state index contributed by atoms with van der Waals surface area (Å²) in [6, 6.07) is 10.7. The van der Waals surface area contributed by atoms with E-state index in [1.54, 1.807) is 24.5 Å². The molecule has 112 valence electrons. The van der Waals surface area contributed by atoms with Crippen molar-refractivity contribution in [2.75, 3.05) is 6.54 Å². The number of nitrogens with two attached hydrogens (primary N) is 1. The summed E-state index contributed by atoms with van der Waals surface area (Å²) in [5, 5.41) is 8.52. The van der Waals surface area contributed by atoms with Crippen LogP contribution in [0.5, 0.6) is 0 Å². The third-order valence-corrected chi connectivity index (χ3v) is 4.21. The zero-order valence-electron chi connectivity index (χ0n) is 11.9. The molecule has 1 aromatic carbocycles. The minimum absolute atomic E-state index is 0.0496. The SMILES string of the molecule is CC(NCCc1ccncc1)c1cccc(S(N)(=O)=O)c1. The van der Waals surface area contributed by atoms with Gasteiger partial charge in [0.25, 0.3) is 0 Å². The fraction of sp³-hybridized carbons (Fsp3) is 0.267. The van der Waals surface area contributed by atoms with Gasteiger partial charge < -0.3 is 5.32 Å². The molecule has 0 aliphatic rings. The Kier molecular flexibility index (Phi) is 5.06. The lowest BCUT2D eigenvalue weighted by atomic mass is 10.1. The summed E-state index contributed by atoms with van der Waals surface area (Å²) in [6.07, 6.45) is 4.43. The van der Waals surface area contributed by atoms with Crippen LogP contribution in [0, 0.1) is 0 Å². The quantitative estimate of drug-likeness (QED) is 0.849. The van der Waals surface area contributed by atoms with Gasteiger partial charge in [0.1, 0.15) is 0 Å². The zero-order valence-corrected chi connectivity index (χ0v) is 12.7. The number of hydrogen-bond acceptors (Lipinski definition) is 4. The highest BCUT2D eigenvalue weighted by molar-refractivity contribution is 7.89. The minimum Gasteiger partial charge on any atom is -0.310 e. The lowest BCUT2D eigenvalue weighted by Gasteiger charge is -2.15. The second kappa shape index (κ2) is 6.80. The van der Waals surface area contributed by atoms with Crippen molar-refractivity contribution in [2.45, 2.75) is 24.3 Å². The van der Waals surface area contributed by atoms with Gasteiger partial charge in [0.2, 0.25) is 10.0 Å². The number of pyridine rings is 1. The summed E-state index contributed by atoms with van der Waals surface area (Å²) in [7, 11) is -3.66. The van der Waals surface area contributed by atoms with E-state index < -0.39 is 10.0 Å². The first kappa shape index (κ1) is 15.6. The summed E-state index contributed by atoms with van der Waals surface area (Å²) in [5.74, 6) is 0. The molecular formula is C15H19N3O2S. The molecule has 5 nitrogen and oxygen atoms in total. The van der Waals surface area contributed by atoms with Crippen LogP contribution in [0.3, 0.4) is 0 Å². The van der Waals surface area contributed by atoms with Crippen molar-refractivity contribution in [1.82, 2.24) is 10.3 Å². The van der Waals surface area contributed by atoms with Crippen LogP contribution in [-0.2, 0) is 16.4 Å². The van der Waals surface area contributed by atoms with Crippen molar-refractivity contribution in [3.8, 4) is 0 Å². The molecule has 21 heavy (non-hydrogen) atoms. The molecule has 3 N–H and O–H groups in total. The van der Waals surface area contributed by atoms with E-state index in [-0.39, 0.29) is 10.9 Å². The van der Waals surface area contributed by atoms with E-state index in [0.717, 1.165) is 18.5 Å². The Balaban J connectivity index is 1.96. The summed E-state index contributed by atoms with van der Waals surface area (Å²) in [4.78, 5) is 4.12. The average molecular weight is 305 g/mol. The van der Waals surface area contributed by atoms with Gasteiger partial charge in [-0.15, -0.1) is 0 Å². The highest BCUT2D eigenvalue weighted by atomic mass is 32.2. The molecule has 1 aromatic heterocycles. The standard InChI is InChI=1S/C15H19N3O2S/c1-12(18-10-7-13-5-8-17-9-6-13)14-3-2-4-15(11-14)21(16,19)20/h2-6,8-9,11-12,18H,7,10H2,1H3,(H2,16,19,20). The van der Waals surface area contributed by atoms with Crippen molar-refractivity contribution in [3.05, 3.63) is 59.9 Å². The zero-order chi connectivity index (χ0) is 15.3. The molecule has 0 fully saturated rings. The Morgan fingerprint density at radius 3 is 2.62 bits per heavy atom. The molecule has 0 spiro atoms. The Hall–Kier alpha value is -1.76. The molecule has 0 aliphatic heterocycles. The van der Waals surface area contributed by atoms with Crippen molar-refractivity contribution >= 4 is 10.0 Å². The third kappa shape index (κ3) is 4.63. The van der Waals surface area contributed by atoms with Crippen LogP contribution >= 0.6 is 0 Å². The second-order valence-electron chi connectivity index (χ2n) is 4.90. The topological polar surface area (TPSA) is 85.1 Å². The van der Waals surface area contributed by atoms with Gasteiger partial charge in [-0.25, -0.2) is 13.6 Å². The first-order valence-electron chi connectivity index (χ1n) is 6.72. The van der Waals surface area contributed by atoms with Crippen LogP contribution in [0.25, 0.3) is 0 Å². The van der Waals surface area contributed by atoms with Crippen LogP contribution < -0.4 is 10.5 Å². The number of benzene rings is 1. The first-order valence-corrected chi connectivity index (χ1v) is 8.26. The van der Waals surface area contributed by atoms with E-state index in [4.69, 9.17) is 5.14 Å². The van der Waals surface area contributed by atoms with E-state index in [9.17, 15) is 8.42 Å². The number of primary sulfonamides is 1. The Bertz CT molecular complexity index is 687. The maximum absolute atomic E-state index is 11.4. The Morgan fingerprint density at radius 2 is 1.95 bits per heavy atom. The van der Waals surface area contributed by atoms with Crippen molar-refractivity contribution < 1.29 is 8.42 Å². The van der Waals surface area contributed by atoms with E-state index in [0.29, 0.717) is 0 Å². The first-order chi connectivity index (χ1) is 9.97. The molecule has 0 radical (unpaired) electrons. The predicted molar refractivity (Wildman–Crippen MR) is 82.2 cm³/mol. The maximum atomic E-state index is 11.4. The lowest BCUT2D eigenvalue weighted by Crippen LogP contribution is -2.22. The van der Waals surface area contributed by atoms with Crippen LogP contribution in [-0.4, -0.2) is 19.9 Å². The van der Waals surface area contributed by atoms with Crippen molar-refractivity contribution in [3.63, 3.8) is 0 Å². The highest BCUT2D eigenvalue weighted by Gasteiger charge is 2.11. The number of nitrogens with one attached hydrogen (secondary N) is 1. The summed E-state index contributed by atoms with van der Waals surface area (Å²) in [5.41, 5.74) is 2.11. The summed E-state index contributed by atoms with van der Waals surface area (Å²) < 4.78 is 22.7. The number of aromatic nitrogens is 1. The number of sulfonamides is 1. The summed E-state index contributed by atoms with van der Waals surface area (Å²) >= 11 is 0. The van der Waals surface area contributed by atoms with Crippen molar-refractivity contribution in [2.24, 2.45) is 5.14 Å². The second-order valence-corrected chi connectivity index (χ2v) is 6.46. The highest BCUT2D eigenvalue weighted by Crippen LogP contribution is 2.16. The average Bonchev–Trinajstić information content (AvgIpc) is 2.47. The Labute approximate surface area is 125 Å². The molecule has 0 saturated carbocycles. The van der Waals surface area contributed by atoms with Gasteiger partial charge in [-0.2, -0.15) is 0 Å². The molecule has 2 aromatic rings. The molecule has 0 bridgehead atoms. The minimum atomic E-state index is -3.66. The molecule has 6 heteroatoms. The van der Waals surface area contributed by atoms with Crippen LogP contribution in [0.15, 0.2) is 53.7 Å². The van der Waals surface area contributed by atoms with Crippen LogP contribution in [0.2, 0.25) is 0 Å². The molecule has 1 atom stereocenters. The smallest absolute Gasteiger partial charge is 0.238 e. The monoisotopic (exact) mass is 305 g/mol. The van der Waals surface area contributed by atoms with Gasteiger partial charge in [0.05, 0.1) is 4.90 Å². The van der Waals surface area contributed by atoms with Gasteiger partial charge >= 0.3 is 0 Å². The third-order valence-electron chi connectivity index (χ3n) is 3.30. The van der Waals surface area contributed by atoms with Gasteiger partial charge in [0, 0.05) is 18.4 Å². The molecule has 1 heterocycles. The molecule has 1 unspecified atom stereocenters. The van der Waals surface area contributed by atoms with Gasteiger partial charge in [-0.05, 0) is 55.3 Å². The lowest BCUT2D eigenvalue weighted by molar-refractivity contribution is 0.574. The molecule has 0 saturated heterocycles. The molecule has 2 rings (SSSR count). The number of hydrogen-bond donors (Lipinski definition) is 2. The normalized spacial score (nSPS) is 13.0. The van der Waals surface area contributed by atoms with E-state index in [1.165, 1.54) is 11.6 Å². The van der Waals surface area contributed by atoms with Gasteiger partial charge in [0.15, 0.2) is 0 Å². The van der Waals surface area contributed by atoms with Crippen LogP contribution in [0.4, 0.5) is 0 Å². The van der Waals surface area contributed by atoms with Crippen molar-refractivity contribution in [1.29, 1.82) is 0 Å². The molecular weight excluding hydrogens is 286 g/mol. The molecule has 0 amide bonds. The van der Waals surface area contributed by atoms with E-state index in [1.807, 2.05) is 25.1 Å². The largest absolute Gasteiger partial charge is 0.310 e. The van der Waals surface area contributed by atoms with E-state index >= 15 is 0 Å². The number of nitrogens with zero attached hydrogens (tertiary/aromatic N) is 1. The number of rotatable bonds is 6. The van der Waals surface area contributed by atoms with E-state index in [2.05, 4.69) is 10.3 Å². The fourth-order valence-corrected chi connectivity index (χ4v) is 2.63. The molecule has 0 aliphatic carbocycles. The Morgan fingerprint density at radius 1 is 1.24 bits per heavy atom. The summed E-state index contributed by atoms with van der Waals surface area (Å²) in [6.45, 7) is 2.79. The maximum Gasteiger partial charge on any atom is 0.238 e. The predicted octanol–water partition coefficient (Wildman–Crippen LogP) is 1.62. The fourth-order valence-electron chi connectivity index (χ4n) is 2.06.